The van der Waals surface area contributed by atoms with Crippen LogP contribution in [0.3, 0.4) is 0 Å². The van der Waals surface area contributed by atoms with Gasteiger partial charge in [0.25, 0.3) is 5.56 Å². The Bertz CT molecular complexity index is 862. The molecule has 3 N–H and O–H groups in total. The minimum Gasteiger partial charge on any atom is -0.481 e. The lowest BCUT2D eigenvalue weighted by Crippen LogP contribution is -2.09. The average Bonchev–Trinajstić information content (AvgIpc) is 2.98. The fourth-order valence-corrected chi connectivity index (χ4v) is 2.11. The number of H-pyrrole nitrogens is 2. The van der Waals surface area contributed by atoms with Crippen LogP contribution in [0, 0.1) is 0 Å². The molecule has 6 nitrogen and oxygen atoms in total. The van der Waals surface area contributed by atoms with Gasteiger partial charge in [-0.25, -0.2) is 0 Å². The number of benzene rings is 1. The molecular weight excluding hydrogens is 282 g/mol. The first kappa shape index (κ1) is 15.6. The number of aliphatic carboxylic acids is 1. The molecule has 116 valence electrons. The molecule has 0 atom stereocenters. The van der Waals surface area contributed by atoms with Crippen LogP contribution in [0.2, 0.25) is 0 Å². The number of fused-ring (bicyclic) bond motifs is 3. The second-order valence-corrected chi connectivity index (χ2v) is 5.09. The van der Waals surface area contributed by atoms with Gasteiger partial charge < -0.3 is 20.0 Å². The maximum absolute atomic E-state index is 11.8. The second-order valence-electron chi connectivity index (χ2n) is 5.09. The van der Waals surface area contributed by atoms with E-state index in [1.54, 1.807) is 13.1 Å². The lowest BCUT2D eigenvalue weighted by Gasteiger charge is -2.13. The molecule has 3 rings (SSSR count). The Kier molecular flexibility index (Phi) is 4.50. The number of aromatic nitrogens is 2. The van der Waals surface area contributed by atoms with Gasteiger partial charge in [0.2, 0.25) is 0 Å². The first-order valence-corrected chi connectivity index (χ1v) is 6.96. The fraction of sp³-hybridized carbons (Fsp3) is 0.250. The van der Waals surface area contributed by atoms with Crippen molar-refractivity contribution in [2.24, 2.45) is 0 Å². The van der Waals surface area contributed by atoms with E-state index in [2.05, 4.69) is 16.0 Å². The smallest absolute Gasteiger partial charge is 0.303 e. The summed E-state index contributed by atoms with van der Waals surface area (Å²) >= 11 is 0. The lowest BCUT2D eigenvalue weighted by molar-refractivity contribution is -0.136. The van der Waals surface area contributed by atoms with Crippen LogP contribution in [0.1, 0.15) is 13.3 Å². The highest BCUT2D eigenvalue weighted by Crippen LogP contribution is 2.24. The van der Waals surface area contributed by atoms with Crippen molar-refractivity contribution in [3.05, 3.63) is 40.8 Å². The molecule has 6 heteroatoms. The van der Waals surface area contributed by atoms with Crippen molar-refractivity contribution in [1.29, 1.82) is 0 Å². The molecule has 22 heavy (non-hydrogen) atoms. The van der Waals surface area contributed by atoms with E-state index in [1.165, 1.54) is 0 Å². The summed E-state index contributed by atoms with van der Waals surface area (Å²) in [6.07, 6.45) is 2.02. The number of anilines is 1. The predicted octanol–water partition coefficient (Wildman–Crippen LogP) is 2.56. The van der Waals surface area contributed by atoms with Gasteiger partial charge in [-0.1, -0.05) is 6.92 Å². The maximum Gasteiger partial charge on any atom is 0.303 e. The Labute approximate surface area is 127 Å². The van der Waals surface area contributed by atoms with Crippen LogP contribution in [0.25, 0.3) is 21.8 Å². The SMILES string of the molecule is CCC(=O)O.CN(C)c1ccc2[nH]c(=O)c3[nH]ccc3c2c1. The molecule has 0 bridgehead atoms. The first-order chi connectivity index (χ1) is 10.4. The van der Waals surface area contributed by atoms with Gasteiger partial charge in [0.05, 0.1) is 0 Å². The van der Waals surface area contributed by atoms with Crippen molar-refractivity contribution in [2.45, 2.75) is 13.3 Å². The van der Waals surface area contributed by atoms with E-state index in [-0.39, 0.29) is 12.0 Å². The zero-order valence-corrected chi connectivity index (χ0v) is 12.8. The minimum absolute atomic E-state index is 0.0740. The topological polar surface area (TPSA) is 89.2 Å². The Morgan fingerprint density at radius 1 is 1.23 bits per heavy atom. The highest BCUT2D eigenvalue weighted by molar-refractivity contribution is 6.05. The average molecular weight is 301 g/mol. The minimum atomic E-state index is -0.745. The summed E-state index contributed by atoms with van der Waals surface area (Å²) in [6.45, 7) is 1.60. The second kappa shape index (κ2) is 6.34. The molecule has 0 radical (unpaired) electrons. The first-order valence-electron chi connectivity index (χ1n) is 6.96. The van der Waals surface area contributed by atoms with Gasteiger partial charge in [-0.2, -0.15) is 0 Å². The zero-order chi connectivity index (χ0) is 16.3. The van der Waals surface area contributed by atoms with Gasteiger partial charge >= 0.3 is 5.97 Å². The standard InChI is InChI=1S/C13H13N3O.C3H6O2/c1-16(2)8-3-4-11-10(7-8)9-5-6-14-12(9)13(17)15-11;1-2-3(4)5/h3-7,14H,1-2H3,(H,15,17);2H2,1H3,(H,4,5). The summed E-state index contributed by atoms with van der Waals surface area (Å²) in [7, 11) is 4.00. The lowest BCUT2D eigenvalue weighted by atomic mass is 10.1. The highest BCUT2D eigenvalue weighted by atomic mass is 16.4. The third-order valence-corrected chi connectivity index (χ3v) is 3.33. The molecule has 0 saturated heterocycles. The Morgan fingerprint density at radius 3 is 2.50 bits per heavy atom. The maximum atomic E-state index is 11.8. The summed E-state index contributed by atoms with van der Waals surface area (Å²) in [5, 5.41) is 9.75. The summed E-state index contributed by atoms with van der Waals surface area (Å²) < 4.78 is 0. The molecule has 3 aromatic rings. The number of nitrogens with zero attached hydrogens (tertiary/aromatic N) is 1. The third kappa shape index (κ3) is 3.11. The van der Waals surface area contributed by atoms with E-state index in [1.807, 2.05) is 37.2 Å². The van der Waals surface area contributed by atoms with Crippen molar-refractivity contribution in [1.82, 2.24) is 9.97 Å². The van der Waals surface area contributed by atoms with E-state index in [0.29, 0.717) is 5.52 Å². The summed E-state index contributed by atoms with van der Waals surface area (Å²) in [4.78, 5) is 29.0. The number of pyridine rings is 1. The van der Waals surface area contributed by atoms with Crippen molar-refractivity contribution in [3.8, 4) is 0 Å². The highest BCUT2D eigenvalue weighted by Gasteiger charge is 2.06. The Hall–Kier alpha value is -2.76. The number of carboxylic acid groups (broad SMARTS) is 1. The van der Waals surface area contributed by atoms with Crippen molar-refractivity contribution in [3.63, 3.8) is 0 Å². The molecule has 0 unspecified atom stereocenters. The number of aromatic amines is 2. The monoisotopic (exact) mass is 301 g/mol. The van der Waals surface area contributed by atoms with Crippen LogP contribution in [-0.4, -0.2) is 35.1 Å². The van der Waals surface area contributed by atoms with Crippen molar-refractivity contribution < 1.29 is 9.90 Å². The number of nitrogens with one attached hydrogen (secondary N) is 2. The molecule has 0 saturated carbocycles. The van der Waals surface area contributed by atoms with Crippen LogP contribution < -0.4 is 10.5 Å². The quantitative estimate of drug-likeness (QED) is 0.678. The zero-order valence-electron chi connectivity index (χ0n) is 12.8. The van der Waals surface area contributed by atoms with Crippen molar-refractivity contribution >= 4 is 33.5 Å². The Morgan fingerprint density at radius 2 is 1.91 bits per heavy atom. The molecule has 1 aromatic carbocycles. The molecule has 0 aliphatic rings. The Balaban J connectivity index is 0.000000309. The van der Waals surface area contributed by atoms with Gasteiger partial charge in [-0.15, -0.1) is 0 Å². The van der Waals surface area contributed by atoms with Crippen LogP contribution >= 0.6 is 0 Å². The predicted molar refractivity (Wildman–Crippen MR) is 88.7 cm³/mol. The van der Waals surface area contributed by atoms with Gasteiger partial charge in [-0.3, -0.25) is 9.59 Å². The molecule has 0 aliphatic carbocycles. The number of hydrogen-bond donors (Lipinski definition) is 3. The van der Waals surface area contributed by atoms with E-state index in [0.717, 1.165) is 22.0 Å². The molecule has 0 aliphatic heterocycles. The molecule has 2 heterocycles. The summed E-state index contributed by atoms with van der Waals surface area (Å²) in [6, 6.07) is 7.96. The normalized spacial score (nSPS) is 10.3. The van der Waals surface area contributed by atoms with Crippen LogP contribution in [0.15, 0.2) is 35.3 Å². The molecule has 0 amide bonds. The number of rotatable bonds is 2. The van der Waals surface area contributed by atoms with E-state index < -0.39 is 5.97 Å². The number of carboxylic acids is 1. The van der Waals surface area contributed by atoms with E-state index >= 15 is 0 Å². The fourth-order valence-electron chi connectivity index (χ4n) is 2.11. The van der Waals surface area contributed by atoms with Crippen LogP contribution in [0.4, 0.5) is 5.69 Å². The van der Waals surface area contributed by atoms with E-state index in [4.69, 9.17) is 5.11 Å². The van der Waals surface area contributed by atoms with Gasteiger partial charge in [0, 0.05) is 48.7 Å². The van der Waals surface area contributed by atoms with Gasteiger partial charge in [0.1, 0.15) is 5.52 Å². The molecule has 0 fully saturated rings. The van der Waals surface area contributed by atoms with E-state index in [9.17, 15) is 9.59 Å². The molecule has 0 spiro atoms. The van der Waals surface area contributed by atoms with Gasteiger partial charge in [-0.05, 0) is 24.3 Å². The van der Waals surface area contributed by atoms with Crippen LogP contribution in [0.5, 0.6) is 0 Å². The third-order valence-electron chi connectivity index (χ3n) is 3.33. The number of hydrogen-bond acceptors (Lipinski definition) is 3. The summed E-state index contributed by atoms with van der Waals surface area (Å²) in [5.74, 6) is -0.745. The molecular formula is C16H19N3O3. The van der Waals surface area contributed by atoms with Crippen LogP contribution in [-0.2, 0) is 4.79 Å². The number of carbonyl (C=O) groups is 1. The molecule has 2 aromatic heterocycles. The van der Waals surface area contributed by atoms with Crippen molar-refractivity contribution in [2.75, 3.05) is 19.0 Å². The summed E-state index contributed by atoms with van der Waals surface area (Å²) in [5.41, 5.74) is 2.54. The largest absolute Gasteiger partial charge is 0.481 e. The van der Waals surface area contributed by atoms with Gasteiger partial charge in [0.15, 0.2) is 0 Å².